The van der Waals surface area contributed by atoms with Crippen LogP contribution in [0.25, 0.3) is 5.82 Å². The quantitative estimate of drug-likeness (QED) is 0.198. The number of benzene rings is 1. The highest BCUT2D eigenvalue weighted by atomic mass is 15.0. The van der Waals surface area contributed by atoms with Crippen LogP contribution in [-0.2, 0) is 12.8 Å². The van der Waals surface area contributed by atoms with E-state index in [1.165, 1.54) is 80.9 Å². The lowest BCUT2D eigenvalue weighted by Gasteiger charge is -2.11. The van der Waals surface area contributed by atoms with Gasteiger partial charge in [-0.25, -0.2) is 4.57 Å². The molecule has 0 atom stereocenters. The number of unbranched alkanes of at least 4 members (excludes halogenated alkanes) is 9. The van der Waals surface area contributed by atoms with E-state index >= 15 is 0 Å². The van der Waals surface area contributed by atoms with Gasteiger partial charge in [0.25, 0.3) is 0 Å². The Morgan fingerprint density at radius 3 is 1.97 bits per heavy atom. The van der Waals surface area contributed by atoms with Crippen LogP contribution >= 0.6 is 0 Å². The molecule has 0 aliphatic heterocycles. The highest BCUT2D eigenvalue weighted by Crippen LogP contribution is 2.20. The lowest BCUT2D eigenvalue weighted by Crippen LogP contribution is -2.32. The summed E-state index contributed by atoms with van der Waals surface area (Å²) in [5.41, 5.74) is 4.17. The van der Waals surface area contributed by atoms with E-state index < -0.39 is 0 Å². The van der Waals surface area contributed by atoms with E-state index in [0.29, 0.717) is 0 Å². The largest absolute Gasteiger partial charge is 0.330 e. The molecule has 0 N–H and O–H groups in total. The molecule has 0 amide bonds. The van der Waals surface area contributed by atoms with E-state index in [4.69, 9.17) is 4.98 Å². The van der Waals surface area contributed by atoms with Gasteiger partial charge in [0.15, 0.2) is 0 Å². The summed E-state index contributed by atoms with van der Waals surface area (Å²) in [5, 5.41) is 0. The molecule has 0 fully saturated rings. The molecule has 3 aromatic rings. The summed E-state index contributed by atoms with van der Waals surface area (Å²) >= 11 is 0. The number of pyridine rings is 2. The standard InChI is InChI=1S/C29H39N2/c1-2-3-4-5-6-7-8-9-10-15-20-28-27(25-26-18-13-11-14-19-26)21-22-30-29(28)31-23-16-12-17-24-31/h11-14,16-19,21-24H,2-10,15,20,25H2,1H3/q+1. The van der Waals surface area contributed by atoms with Crippen LogP contribution in [0.1, 0.15) is 87.8 Å². The monoisotopic (exact) mass is 415 g/mol. The van der Waals surface area contributed by atoms with E-state index in [0.717, 1.165) is 18.7 Å². The lowest BCUT2D eigenvalue weighted by atomic mass is 9.96. The molecule has 3 rings (SSSR count). The molecule has 0 saturated carbocycles. The van der Waals surface area contributed by atoms with Crippen molar-refractivity contribution in [3.05, 3.63) is 89.9 Å². The first kappa shape index (κ1) is 23.2. The Morgan fingerprint density at radius 2 is 1.29 bits per heavy atom. The summed E-state index contributed by atoms with van der Waals surface area (Å²) < 4.78 is 2.17. The molecule has 31 heavy (non-hydrogen) atoms. The van der Waals surface area contributed by atoms with Crippen LogP contribution in [0.3, 0.4) is 0 Å². The fourth-order valence-electron chi connectivity index (χ4n) is 4.33. The molecule has 0 bridgehead atoms. The molecule has 2 aromatic heterocycles. The second-order valence-corrected chi connectivity index (χ2v) is 8.65. The van der Waals surface area contributed by atoms with Gasteiger partial charge in [0, 0.05) is 5.56 Å². The Kier molecular flexibility index (Phi) is 10.3. The van der Waals surface area contributed by atoms with Crippen LogP contribution in [0.5, 0.6) is 0 Å². The molecule has 0 spiro atoms. The molecule has 0 unspecified atom stereocenters. The third-order valence-electron chi connectivity index (χ3n) is 6.11. The van der Waals surface area contributed by atoms with Crippen molar-refractivity contribution in [2.75, 3.05) is 0 Å². The van der Waals surface area contributed by atoms with Gasteiger partial charge in [-0.15, -0.1) is 0 Å². The SMILES string of the molecule is CCCCCCCCCCCCc1c(Cc2ccccc2)ccnc1-[n+]1ccccc1. The molecule has 0 aliphatic rings. The van der Waals surface area contributed by atoms with E-state index in [9.17, 15) is 0 Å². The average molecular weight is 416 g/mol. The van der Waals surface area contributed by atoms with Crippen molar-refractivity contribution in [2.24, 2.45) is 0 Å². The van der Waals surface area contributed by atoms with Gasteiger partial charge < -0.3 is 0 Å². The highest BCUT2D eigenvalue weighted by Gasteiger charge is 2.18. The lowest BCUT2D eigenvalue weighted by molar-refractivity contribution is -0.600. The fraction of sp³-hybridized carbons (Fsp3) is 0.448. The normalized spacial score (nSPS) is 11.0. The minimum atomic E-state index is 0.969. The second kappa shape index (κ2) is 13.7. The van der Waals surface area contributed by atoms with E-state index in [-0.39, 0.29) is 0 Å². The maximum Gasteiger partial charge on any atom is 0.330 e. The van der Waals surface area contributed by atoms with Gasteiger partial charge >= 0.3 is 5.82 Å². The Morgan fingerprint density at radius 1 is 0.677 bits per heavy atom. The van der Waals surface area contributed by atoms with Gasteiger partial charge in [0.05, 0.1) is 12.4 Å². The number of nitrogens with zero attached hydrogens (tertiary/aromatic N) is 2. The summed E-state index contributed by atoms with van der Waals surface area (Å²) in [6.45, 7) is 2.29. The summed E-state index contributed by atoms with van der Waals surface area (Å²) in [6.07, 6.45) is 21.9. The first-order chi connectivity index (χ1) is 15.4. The van der Waals surface area contributed by atoms with Gasteiger partial charge in [0.1, 0.15) is 6.20 Å². The van der Waals surface area contributed by atoms with Crippen molar-refractivity contribution < 1.29 is 4.57 Å². The smallest absolute Gasteiger partial charge is 0.203 e. The van der Waals surface area contributed by atoms with Crippen molar-refractivity contribution in [1.29, 1.82) is 0 Å². The van der Waals surface area contributed by atoms with Crippen LogP contribution in [0.15, 0.2) is 73.2 Å². The summed E-state index contributed by atoms with van der Waals surface area (Å²) in [6, 6.07) is 19.2. The van der Waals surface area contributed by atoms with Crippen molar-refractivity contribution >= 4 is 0 Å². The molecule has 2 heteroatoms. The van der Waals surface area contributed by atoms with Crippen LogP contribution in [-0.4, -0.2) is 4.98 Å². The maximum absolute atomic E-state index is 4.78. The zero-order valence-corrected chi connectivity index (χ0v) is 19.3. The van der Waals surface area contributed by atoms with Crippen molar-refractivity contribution in [2.45, 2.75) is 84.0 Å². The third-order valence-corrected chi connectivity index (χ3v) is 6.11. The van der Waals surface area contributed by atoms with Gasteiger partial charge in [-0.05, 0) is 53.6 Å². The number of rotatable bonds is 14. The minimum Gasteiger partial charge on any atom is -0.203 e. The van der Waals surface area contributed by atoms with Crippen LogP contribution in [0, 0.1) is 0 Å². The van der Waals surface area contributed by atoms with E-state index in [1.807, 2.05) is 6.20 Å². The molecular formula is C29H39N2+. The Labute approximate surface area is 189 Å². The van der Waals surface area contributed by atoms with E-state index in [1.54, 1.807) is 0 Å². The average Bonchev–Trinajstić information content (AvgIpc) is 2.82. The predicted octanol–water partition coefficient (Wildman–Crippen LogP) is 7.41. The summed E-state index contributed by atoms with van der Waals surface area (Å²) in [7, 11) is 0. The molecule has 0 aliphatic carbocycles. The zero-order chi connectivity index (χ0) is 21.6. The van der Waals surface area contributed by atoms with Crippen molar-refractivity contribution in [3.8, 4) is 5.82 Å². The molecule has 164 valence electrons. The van der Waals surface area contributed by atoms with Gasteiger partial charge in [-0.2, -0.15) is 0 Å². The molecule has 0 radical (unpaired) electrons. The number of hydrogen-bond acceptors (Lipinski definition) is 1. The van der Waals surface area contributed by atoms with Gasteiger partial charge in [0.2, 0.25) is 0 Å². The zero-order valence-electron chi connectivity index (χ0n) is 19.3. The van der Waals surface area contributed by atoms with E-state index in [2.05, 4.69) is 78.5 Å². The van der Waals surface area contributed by atoms with Crippen LogP contribution in [0.2, 0.25) is 0 Å². The van der Waals surface area contributed by atoms with Crippen molar-refractivity contribution in [3.63, 3.8) is 0 Å². The number of hydrogen-bond donors (Lipinski definition) is 0. The Hall–Kier alpha value is -2.48. The Bertz CT molecular complexity index is 858. The molecule has 0 saturated heterocycles. The first-order valence-corrected chi connectivity index (χ1v) is 12.4. The van der Waals surface area contributed by atoms with Crippen molar-refractivity contribution in [1.82, 2.24) is 4.98 Å². The van der Waals surface area contributed by atoms with Gasteiger partial charge in [-0.1, -0.05) is 101 Å². The Balaban J connectivity index is 1.59. The van der Waals surface area contributed by atoms with Crippen LogP contribution < -0.4 is 4.57 Å². The first-order valence-electron chi connectivity index (χ1n) is 12.4. The van der Waals surface area contributed by atoms with Gasteiger partial charge in [-0.3, -0.25) is 0 Å². The fourth-order valence-corrected chi connectivity index (χ4v) is 4.33. The maximum atomic E-state index is 4.78. The molecular weight excluding hydrogens is 376 g/mol. The minimum absolute atomic E-state index is 0.969. The predicted molar refractivity (Wildman–Crippen MR) is 131 cm³/mol. The summed E-state index contributed by atoms with van der Waals surface area (Å²) in [5.74, 6) is 1.09. The summed E-state index contributed by atoms with van der Waals surface area (Å²) in [4.78, 5) is 4.78. The number of aromatic nitrogens is 2. The molecule has 2 heterocycles. The van der Waals surface area contributed by atoms with Crippen LogP contribution in [0.4, 0.5) is 0 Å². The second-order valence-electron chi connectivity index (χ2n) is 8.65. The third kappa shape index (κ3) is 7.94. The molecule has 2 nitrogen and oxygen atoms in total. The molecule has 1 aromatic carbocycles. The topological polar surface area (TPSA) is 16.8 Å². The highest BCUT2D eigenvalue weighted by molar-refractivity contribution is 5.38.